The van der Waals surface area contributed by atoms with Gasteiger partial charge in [0.1, 0.15) is 11.6 Å². The van der Waals surface area contributed by atoms with Crippen LogP contribution >= 0.6 is 11.6 Å². The van der Waals surface area contributed by atoms with Crippen molar-refractivity contribution in [2.24, 2.45) is 0 Å². The summed E-state index contributed by atoms with van der Waals surface area (Å²) < 4.78 is 52.2. The molecule has 3 rings (SSSR count). The predicted molar refractivity (Wildman–Crippen MR) is 100 cm³/mol. The summed E-state index contributed by atoms with van der Waals surface area (Å²) in [5.74, 6) is -0.331. The van der Waals surface area contributed by atoms with Crippen LogP contribution in [0.1, 0.15) is 36.9 Å². The fourth-order valence-corrected chi connectivity index (χ4v) is 3.47. The van der Waals surface area contributed by atoms with Gasteiger partial charge in [0.2, 0.25) is 0 Å². The first-order chi connectivity index (χ1) is 13.1. The number of piperidine rings is 1. The lowest BCUT2D eigenvalue weighted by Crippen LogP contribution is -2.36. The number of nitrogens with one attached hydrogen (secondary N) is 1. The molecular weight excluding hydrogens is 398 g/mol. The van der Waals surface area contributed by atoms with Gasteiger partial charge in [0.05, 0.1) is 22.7 Å². The van der Waals surface area contributed by atoms with Crippen LogP contribution < -0.4 is 10.2 Å². The van der Waals surface area contributed by atoms with Gasteiger partial charge in [-0.15, -0.1) is 0 Å². The highest BCUT2D eigenvalue weighted by Gasteiger charge is 2.32. The standard InChI is InChI=1S/C19H20ClF4N3O/c1-11(26-18-16(20)8-12(10-25-18)19(22,23)24)15-9-13(21)2-3-17(15)27-6-4-14(28)5-7-27/h2-3,8-11,14,28H,4-7H2,1H3,(H,25,26)/t11-/m0/s1. The van der Waals surface area contributed by atoms with Gasteiger partial charge in [0, 0.05) is 30.5 Å². The van der Waals surface area contributed by atoms with Crippen LogP contribution in [-0.2, 0) is 6.18 Å². The van der Waals surface area contributed by atoms with Crippen molar-refractivity contribution in [3.8, 4) is 0 Å². The molecule has 1 aromatic heterocycles. The topological polar surface area (TPSA) is 48.4 Å². The molecule has 1 aromatic carbocycles. The zero-order chi connectivity index (χ0) is 20.5. The van der Waals surface area contributed by atoms with Crippen molar-refractivity contribution in [1.29, 1.82) is 0 Å². The minimum atomic E-state index is -4.53. The van der Waals surface area contributed by atoms with E-state index in [0.29, 0.717) is 37.7 Å². The van der Waals surface area contributed by atoms with Crippen LogP contribution in [0, 0.1) is 5.82 Å². The summed E-state index contributed by atoms with van der Waals surface area (Å²) in [7, 11) is 0. The number of alkyl halides is 3. The molecule has 1 aliphatic rings. The molecule has 1 fully saturated rings. The van der Waals surface area contributed by atoms with E-state index in [1.54, 1.807) is 13.0 Å². The number of aliphatic hydroxyl groups is 1. The third kappa shape index (κ3) is 4.67. The van der Waals surface area contributed by atoms with Gasteiger partial charge < -0.3 is 15.3 Å². The third-order valence-electron chi connectivity index (χ3n) is 4.78. The quantitative estimate of drug-likeness (QED) is 0.685. The van der Waals surface area contributed by atoms with E-state index < -0.39 is 23.6 Å². The molecule has 2 N–H and O–H groups in total. The Bertz CT molecular complexity index is 838. The number of benzene rings is 1. The molecular formula is C19H20ClF4N3O. The van der Waals surface area contributed by atoms with Crippen LogP contribution in [0.2, 0.25) is 5.02 Å². The van der Waals surface area contributed by atoms with Crippen molar-refractivity contribution in [3.63, 3.8) is 0 Å². The number of hydrogen-bond donors (Lipinski definition) is 2. The summed E-state index contributed by atoms with van der Waals surface area (Å²) in [5.41, 5.74) is 0.500. The number of aromatic nitrogens is 1. The van der Waals surface area contributed by atoms with Gasteiger partial charge in [-0.05, 0) is 44.0 Å². The summed E-state index contributed by atoms with van der Waals surface area (Å²) in [4.78, 5) is 5.84. The normalized spacial score (nSPS) is 16.9. The van der Waals surface area contributed by atoms with Gasteiger partial charge in [0.15, 0.2) is 0 Å². The Morgan fingerprint density at radius 3 is 2.54 bits per heavy atom. The van der Waals surface area contributed by atoms with Gasteiger partial charge in [-0.1, -0.05) is 11.6 Å². The van der Waals surface area contributed by atoms with E-state index in [9.17, 15) is 22.7 Å². The van der Waals surface area contributed by atoms with E-state index in [-0.39, 0.29) is 16.9 Å². The van der Waals surface area contributed by atoms with Crippen LogP contribution in [0.5, 0.6) is 0 Å². The molecule has 0 bridgehead atoms. The zero-order valence-electron chi connectivity index (χ0n) is 15.1. The molecule has 0 radical (unpaired) electrons. The highest BCUT2D eigenvalue weighted by molar-refractivity contribution is 6.33. The van der Waals surface area contributed by atoms with Gasteiger partial charge in [-0.3, -0.25) is 0 Å². The maximum atomic E-state index is 13.9. The van der Waals surface area contributed by atoms with E-state index >= 15 is 0 Å². The molecule has 2 aromatic rings. The van der Waals surface area contributed by atoms with Crippen LogP contribution in [0.15, 0.2) is 30.5 Å². The largest absolute Gasteiger partial charge is 0.417 e. The molecule has 2 heterocycles. The van der Waals surface area contributed by atoms with Crippen molar-refractivity contribution in [1.82, 2.24) is 4.98 Å². The summed E-state index contributed by atoms with van der Waals surface area (Å²) in [6.45, 7) is 3.02. The molecule has 0 aliphatic carbocycles. The Hall–Kier alpha value is -2.06. The van der Waals surface area contributed by atoms with Crippen molar-refractivity contribution in [2.45, 2.75) is 38.1 Å². The number of aliphatic hydroxyl groups excluding tert-OH is 1. The lowest BCUT2D eigenvalue weighted by atomic mass is 10.0. The summed E-state index contributed by atoms with van der Waals surface area (Å²) in [6, 6.07) is 4.76. The van der Waals surface area contributed by atoms with E-state index in [1.165, 1.54) is 12.1 Å². The Morgan fingerprint density at radius 1 is 1.25 bits per heavy atom. The number of pyridine rings is 1. The molecule has 0 amide bonds. The maximum Gasteiger partial charge on any atom is 0.417 e. The lowest BCUT2D eigenvalue weighted by Gasteiger charge is -2.34. The summed E-state index contributed by atoms with van der Waals surface area (Å²) in [6.07, 6.45) is -2.93. The maximum absolute atomic E-state index is 13.9. The molecule has 1 atom stereocenters. The zero-order valence-corrected chi connectivity index (χ0v) is 15.9. The molecule has 1 aliphatic heterocycles. The first-order valence-corrected chi connectivity index (χ1v) is 9.24. The molecule has 152 valence electrons. The average molecular weight is 418 g/mol. The summed E-state index contributed by atoms with van der Waals surface area (Å²) >= 11 is 5.97. The summed E-state index contributed by atoms with van der Waals surface area (Å²) in [5, 5.41) is 12.5. The Kier molecular flexibility index (Phi) is 6.00. The van der Waals surface area contributed by atoms with Gasteiger partial charge in [-0.25, -0.2) is 9.37 Å². The molecule has 1 saturated heterocycles. The van der Waals surface area contributed by atoms with Gasteiger partial charge in [0.25, 0.3) is 0 Å². The van der Waals surface area contributed by atoms with Crippen molar-refractivity contribution < 1.29 is 22.7 Å². The number of halogens is 5. The third-order valence-corrected chi connectivity index (χ3v) is 5.07. The van der Waals surface area contributed by atoms with E-state index in [4.69, 9.17) is 11.6 Å². The smallest absolute Gasteiger partial charge is 0.393 e. The van der Waals surface area contributed by atoms with Crippen LogP contribution in [0.3, 0.4) is 0 Å². The van der Waals surface area contributed by atoms with Crippen molar-refractivity contribution in [2.75, 3.05) is 23.3 Å². The van der Waals surface area contributed by atoms with E-state index in [1.807, 2.05) is 0 Å². The van der Waals surface area contributed by atoms with E-state index in [2.05, 4.69) is 15.2 Å². The molecule has 0 unspecified atom stereocenters. The van der Waals surface area contributed by atoms with Gasteiger partial charge >= 0.3 is 6.18 Å². The second-order valence-corrected chi connectivity index (χ2v) is 7.25. The second-order valence-electron chi connectivity index (χ2n) is 6.84. The fraction of sp³-hybridized carbons (Fsp3) is 0.421. The first kappa shape index (κ1) is 20.7. The minimum absolute atomic E-state index is 0.0893. The molecule has 0 spiro atoms. The minimum Gasteiger partial charge on any atom is -0.393 e. The van der Waals surface area contributed by atoms with Crippen LogP contribution in [0.4, 0.5) is 29.1 Å². The Morgan fingerprint density at radius 2 is 1.93 bits per heavy atom. The van der Waals surface area contributed by atoms with Crippen LogP contribution in [0.25, 0.3) is 0 Å². The Balaban J connectivity index is 1.84. The molecule has 28 heavy (non-hydrogen) atoms. The molecule has 9 heteroatoms. The average Bonchev–Trinajstić information content (AvgIpc) is 2.63. The number of nitrogens with zero attached hydrogens (tertiary/aromatic N) is 2. The van der Waals surface area contributed by atoms with Crippen molar-refractivity contribution in [3.05, 3.63) is 52.4 Å². The SMILES string of the molecule is C[C@H](Nc1ncc(C(F)(F)F)cc1Cl)c1cc(F)ccc1N1CCC(O)CC1. The Labute approximate surface area is 165 Å². The first-order valence-electron chi connectivity index (χ1n) is 8.87. The second kappa shape index (κ2) is 8.13. The number of hydrogen-bond acceptors (Lipinski definition) is 4. The number of anilines is 2. The fourth-order valence-electron chi connectivity index (χ4n) is 3.25. The lowest BCUT2D eigenvalue weighted by molar-refractivity contribution is -0.137. The highest BCUT2D eigenvalue weighted by Crippen LogP contribution is 2.35. The molecule has 0 saturated carbocycles. The monoisotopic (exact) mass is 417 g/mol. The van der Waals surface area contributed by atoms with Gasteiger partial charge in [-0.2, -0.15) is 13.2 Å². The van der Waals surface area contributed by atoms with Crippen molar-refractivity contribution >= 4 is 23.1 Å². The highest BCUT2D eigenvalue weighted by atomic mass is 35.5. The predicted octanol–water partition coefficient (Wildman–Crippen LogP) is 5.03. The number of rotatable bonds is 4. The van der Waals surface area contributed by atoms with E-state index in [0.717, 1.165) is 11.8 Å². The van der Waals surface area contributed by atoms with Crippen LogP contribution in [-0.4, -0.2) is 29.3 Å². The molecule has 4 nitrogen and oxygen atoms in total.